The van der Waals surface area contributed by atoms with Crippen LogP contribution < -0.4 is 5.32 Å². The highest BCUT2D eigenvalue weighted by molar-refractivity contribution is 7.84. The summed E-state index contributed by atoms with van der Waals surface area (Å²) < 4.78 is 48.6. The van der Waals surface area contributed by atoms with Crippen molar-refractivity contribution in [2.24, 2.45) is 0 Å². The minimum atomic E-state index is -4.35. The zero-order chi connectivity index (χ0) is 12.9. The molecular weight excluding hydrogens is 251 g/mol. The minimum absolute atomic E-state index is 0.0712. The van der Waals surface area contributed by atoms with Gasteiger partial charge in [-0.1, -0.05) is 12.1 Å². The van der Waals surface area contributed by atoms with Crippen molar-refractivity contribution in [1.29, 1.82) is 0 Å². The molecule has 0 radical (unpaired) electrons. The van der Waals surface area contributed by atoms with Gasteiger partial charge in [0, 0.05) is 35.0 Å². The lowest BCUT2D eigenvalue weighted by atomic mass is 10.1. The van der Waals surface area contributed by atoms with Crippen molar-refractivity contribution < 1.29 is 17.4 Å². The molecule has 2 nitrogen and oxygen atoms in total. The second-order valence-electron chi connectivity index (χ2n) is 3.60. The average molecular weight is 265 g/mol. The zero-order valence-corrected chi connectivity index (χ0v) is 10.2. The number of hydrogen-bond donors (Lipinski definition) is 1. The normalized spacial score (nSPS) is 13.4. The van der Waals surface area contributed by atoms with Crippen molar-refractivity contribution in [2.45, 2.75) is 12.6 Å². The molecule has 0 aromatic heterocycles. The summed E-state index contributed by atoms with van der Waals surface area (Å²) in [5.41, 5.74) is -0.598. The van der Waals surface area contributed by atoms with Gasteiger partial charge in [0.15, 0.2) is 0 Å². The van der Waals surface area contributed by atoms with Gasteiger partial charge in [0.1, 0.15) is 0 Å². The Morgan fingerprint density at radius 3 is 2.53 bits per heavy atom. The monoisotopic (exact) mass is 265 g/mol. The van der Waals surface area contributed by atoms with Gasteiger partial charge in [0.05, 0.1) is 5.56 Å². The van der Waals surface area contributed by atoms with Crippen molar-refractivity contribution in [1.82, 2.24) is 0 Å². The lowest BCUT2D eigenvalue weighted by molar-refractivity contribution is -0.136. The Labute approximate surface area is 101 Å². The van der Waals surface area contributed by atoms with Crippen LogP contribution in [0.4, 0.5) is 18.9 Å². The quantitative estimate of drug-likeness (QED) is 0.829. The van der Waals surface area contributed by atoms with Crippen LogP contribution in [0.15, 0.2) is 24.3 Å². The number of rotatable bonds is 5. The predicted molar refractivity (Wildman–Crippen MR) is 63.5 cm³/mol. The first kappa shape index (κ1) is 14.0. The Bertz CT molecular complexity index is 393. The largest absolute Gasteiger partial charge is 0.418 e. The highest BCUT2D eigenvalue weighted by Crippen LogP contribution is 2.34. The van der Waals surface area contributed by atoms with Crippen LogP contribution in [0, 0.1) is 0 Å². The molecule has 6 heteroatoms. The molecule has 0 bridgehead atoms. The van der Waals surface area contributed by atoms with Gasteiger partial charge in [-0.25, -0.2) is 0 Å². The molecular formula is C11H14F3NOS. The van der Waals surface area contributed by atoms with E-state index in [1.807, 2.05) is 0 Å². The Balaban J connectivity index is 2.62. The Morgan fingerprint density at radius 2 is 1.94 bits per heavy atom. The first-order valence-electron chi connectivity index (χ1n) is 5.11. The SMILES string of the molecule is CS(=O)CCCNc1ccccc1C(F)(F)F. The van der Waals surface area contributed by atoms with Gasteiger partial charge in [0.2, 0.25) is 0 Å². The number of alkyl halides is 3. The van der Waals surface area contributed by atoms with E-state index in [0.29, 0.717) is 18.7 Å². The lowest BCUT2D eigenvalue weighted by Gasteiger charge is -2.13. The summed E-state index contributed by atoms with van der Waals surface area (Å²) in [5, 5.41) is 2.72. The molecule has 0 spiro atoms. The smallest absolute Gasteiger partial charge is 0.385 e. The number of hydrogen-bond acceptors (Lipinski definition) is 2. The van der Waals surface area contributed by atoms with Gasteiger partial charge in [-0.2, -0.15) is 13.2 Å². The molecule has 0 aliphatic carbocycles. The van der Waals surface area contributed by atoms with E-state index >= 15 is 0 Å². The predicted octanol–water partition coefficient (Wildman–Crippen LogP) is 2.89. The van der Waals surface area contributed by atoms with Gasteiger partial charge >= 0.3 is 6.18 Å². The Kier molecular flexibility index (Phi) is 4.99. The topological polar surface area (TPSA) is 29.1 Å². The molecule has 1 aromatic carbocycles. The molecule has 1 aromatic rings. The summed E-state index contributed by atoms with van der Waals surface area (Å²) >= 11 is 0. The van der Waals surface area contributed by atoms with Gasteiger partial charge < -0.3 is 5.32 Å². The second-order valence-corrected chi connectivity index (χ2v) is 5.16. The molecule has 1 N–H and O–H groups in total. The molecule has 0 amide bonds. The van der Waals surface area contributed by atoms with E-state index in [2.05, 4.69) is 5.32 Å². The Hall–Kier alpha value is -1.04. The van der Waals surface area contributed by atoms with Crippen molar-refractivity contribution in [3.8, 4) is 0 Å². The second kappa shape index (κ2) is 6.05. The van der Waals surface area contributed by atoms with E-state index in [9.17, 15) is 17.4 Å². The van der Waals surface area contributed by atoms with Gasteiger partial charge in [-0.05, 0) is 18.6 Å². The van der Waals surface area contributed by atoms with Gasteiger partial charge in [-0.3, -0.25) is 4.21 Å². The average Bonchev–Trinajstić information content (AvgIpc) is 2.23. The highest BCUT2D eigenvalue weighted by atomic mass is 32.2. The lowest BCUT2D eigenvalue weighted by Crippen LogP contribution is -2.12. The third-order valence-electron chi connectivity index (χ3n) is 2.16. The fraction of sp³-hybridized carbons (Fsp3) is 0.455. The molecule has 0 heterocycles. The van der Waals surface area contributed by atoms with Crippen molar-refractivity contribution in [3.63, 3.8) is 0 Å². The number of para-hydroxylation sites is 1. The van der Waals surface area contributed by atoms with Crippen LogP contribution in [-0.2, 0) is 17.0 Å². The number of nitrogens with one attached hydrogen (secondary N) is 1. The molecule has 1 unspecified atom stereocenters. The molecule has 1 rings (SSSR count). The highest BCUT2D eigenvalue weighted by Gasteiger charge is 2.32. The van der Waals surface area contributed by atoms with Crippen LogP contribution in [0.3, 0.4) is 0 Å². The maximum absolute atomic E-state index is 12.6. The first-order valence-corrected chi connectivity index (χ1v) is 6.84. The van der Waals surface area contributed by atoms with Crippen molar-refractivity contribution >= 4 is 16.5 Å². The molecule has 1 atom stereocenters. The zero-order valence-electron chi connectivity index (χ0n) is 9.38. The fourth-order valence-corrected chi connectivity index (χ4v) is 1.93. The maximum Gasteiger partial charge on any atom is 0.418 e. The fourth-order valence-electron chi connectivity index (χ4n) is 1.38. The summed E-state index contributed by atoms with van der Waals surface area (Å²) in [6, 6.07) is 5.34. The molecule has 0 aliphatic rings. The Morgan fingerprint density at radius 1 is 1.29 bits per heavy atom. The molecule has 17 heavy (non-hydrogen) atoms. The molecule has 0 saturated heterocycles. The van der Waals surface area contributed by atoms with E-state index in [-0.39, 0.29) is 5.69 Å². The molecule has 0 aliphatic heterocycles. The number of benzene rings is 1. The van der Waals surface area contributed by atoms with Crippen LogP contribution in [0.25, 0.3) is 0 Å². The number of anilines is 1. The summed E-state index contributed by atoms with van der Waals surface area (Å²) in [4.78, 5) is 0. The molecule has 0 fully saturated rings. The van der Waals surface area contributed by atoms with E-state index in [1.54, 1.807) is 12.3 Å². The third-order valence-corrected chi connectivity index (χ3v) is 3.02. The van der Waals surface area contributed by atoms with Gasteiger partial charge in [-0.15, -0.1) is 0 Å². The summed E-state index contributed by atoms with van der Waals surface area (Å²) in [7, 11) is -0.908. The van der Waals surface area contributed by atoms with Crippen LogP contribution in [0.5, 0.6) is 0 Å². The van der Waals surface area contributed by atoms with Crippen LogP contribution in [0.1, 0.15) is 12.0 Å². The third kappa shape index (κ3) is 4.77. The molecule has 0 saturated carbocycles. The van der Waals surface area contributed by atoms with Crippen molar-refractivity contribution in [2.75, 3.05) is 23.9 Å². The van der Waals surface area contributed by atoms with Gasteiger partial charge in [0.25, 0.3) is 0 Å². The van der Waals surface area contributed by atoms with E-state index in [4.69, 9.17) is 0 Å². The van der Waals surface area contributed by atoms with Crippen molar-refractivity contribution in [3.05, 3.63) is 29.8 Å². The van der Waals surface area contributed by atoms with E-state index in [0.717, 1.165) is 6.07 Å². The first-order chi connectivity index (χ1) is 7.91. The van der Waals surface area contributed by atoms with Crippen LogP contribution >= 0.6 is 0 Å². The maximum atomic E-state index is 12.6. The van der Waals surface area contributed by atoms with Crippen LogP contribution in [-0.4, -0.2) is 22.8 Å². The summed E-state index contributed by atoms with van der Waals surface area (Å²) in [5.74, 6) is 0.487. The minimum Gasteiger partial charge on any atom is -0.385 e. The molecule has 96 valence electrons. The number of halogens is 3. The standard InChI is InChI=1S/C11H14F3NOS/c1-17(16)8-4-7-15-10-6-3-2-5-9(10)11(12,13)14/h2-3,5-6,15H,4,7-8H2,1H3. The van der Waals surface area contributed by atoms with E-state index < -0.39 is 22.5 Å². The summed E-state index contributed by atoms with van der Waals surface area (Å²) in [6.45, 7) is 0.382. The van der Waals surface area contributed by atoms with Crippen LogP contribution in [0.2, 0.25) is 0 Å². The summed E-state index contributed by atoms with van der Waals surface area (Å²) in [6.07, 6.45) is -2.20. The van der Waals surface area contributed by atoms with E-state index in [1.165, 1.54) is 12.1 Å².